The van der Waals surface area contributed by atoms with E-state index >= 15 is 0 Å². The van der Waals surface area contributed by atoms with Crippen LogP contribution in [0.4, 0.5) is 0 Å². The molecule has 126 valence electrons. The molecule has 0 fully saturated rings. The minimum Gasteiger partial charge on any atom is -0.465 e. The number of carbonyl (C=O) groups is 2. The van der Waals surface area contributed by atoms with Gasteiger partial charge in [-0.15, -0.1) is 0 Å². The standard InChI is InChI=1S/C21H19NO3/c1-22(14-15-7-9-17(10-8-15)21(24)25-2)20(23)19-12-11-16-5-3-4-6-18(16)13-19/h3-13H,14H2,1-2H3. The van der Waals surface area contributed by atoms with Crippen LogP contribution in [0.2, 0.25) is 0 Å². The minimum absolute atomic E-state index is 0.0391. The number of carbonyl (C=O) groups excluding carboxylic acids is 2. The molecule has 0 aliphatic heterocycles. The van der Waals surface area contributed by atoms with Crippen LogP contribution in [0, 0.1) is 0 Å². The van der Waals surface area contributed by atoms with Crippen LogP contribution in [-0.2, 0) is 11.3 Å². The van der Waals surface area contributed by atoms with Crippen LogP contribution in [-0.4, -0.2) is 30.9 Å². The summed E-state index contributed by atoms with van der Waals surface area (Å²) < 4.78 is 4.68. The van der Waals surface area contributed by atoms with Gasteiger partial charge >= 0.3 is 5.97 Å². The van der Waals surface area contributed by atoms with Crippen molar-refractivity contribution in [1.82, 2.24) is 4.90 Å². The lowest BCUT2D eigenvalue weighted by Crippen LogP contribution is -2.26. The molecular weight excluding hydrogens is 314 g/mol. The summed E-state index contributed by atoms with van der Waals surface area (Å²) in [5.74, 6) is -0.407. The van der Waals surface area contributed by atoms with E-state index in [4.69, 9.17) is 0 Å². The van der Waals surface area contributed by atoms with E-state index in [1.54, 1.807) is 24.1 Å². The summed E-state index contributed by atoms with van der Waals surface area (Å²) in [6.07, 6.45) is 0. The molecule has 0 heterocycles. The summed E-state index contributed by atoms with van der Waals surface area (Å²) in [7, 11) is 3.12. The highest BCUT2D eigenvalue weighted by molar-refractivity contribution is 5.98. The Labute approximate surface area is 146 Å². The maximum absolute atomic E-state index is 12.7. The van der Waals surface area contributed by atoms with E-state index in [0.29, 0.717) is 17.7 Å². The van der Waals surface area contributed by atoms with Crippen LogP contribution in [0.1, 0.15) is 26.3 Å². The van der Waals surface area contributed by atoms with Gasteiger partial charge in [-0.1, -0.05) is 42.5 Å². The number of benzene rings is 3. The number of fused-ring (bicyclic) bond motifs is 1. The lowest BCUT2D eigenvalue weighted by molar-refractivity contribution is 0.0600. The SMILES string of the molecule is COC(=O)c1ccc(CN(C)C(=O)c2ccc3ccccc3c2)cc1. The van der Waals surface area contributed by atoms with E-state index in [-0.39, 0.29) is 11.9 Å². The van der Waals surface area contributed by atoms with Gasteiger partial charge in [0.2, 0.25) is 0 Å². The summed E-state index contributed by atoms with van der Waals surface area (Å²) >= 11 is 0. The zero-order valence-electron chi connectivity index (χ0n) is 14.2. The molecule has 0 saturated heterocycles. The van der Waals surface area contributed by atoms with E-state index in [0.717, 1.165) is 16.3 Å². The average molecular weight is 333 g/mol. The van der Waals surface area contributed by atoms with Gasteiger partial charge in [0.1, 0.15) is 0 Å². The van der Waals surface area contributed by atoms with Crippen molar-refractivity contribution in [2.75, 3.05) is 14.2 Å². The second-order valence-corrected chi connectivity index (χ2v) is 5.91. The molecule has 0 aliphatic carbocycles. The summed E-state index contributed by atoms with van der Waals surface area (Å²) in [5.41, 5.74) is 2.10. The van der Waals surface area contributed by atoms with Crippen molar-refractivity contribution in [3.63, 3.8) is 0 Å². The lowest BCUT2D eigenvalue weighted by atomic mass is 10.1. The molecule has 0 N–H and O–H groups in total. The van der Waals surface area contributed by atoms with E-state index in [1.807, 2.05) is 54.6 Å². The number of rotatable bonds is 4. The van der Waals surface area contributed by atoms with Crippen molar-refractivity contribution < 1.29 is 14.3 Å². The van der Waals surface area contributed by atoms with Gasteiger partial charge in [0.15, 0.2) is 0 Å². The van der Waals surface area contributed by atoms with Gasteiger partial charge in [-0.05, 0) is 40.6 Å². The Morgan fingerprint density at radius 3 is 2.20 bits per heavy atom. The van der Waals surface area contributed by atoms with Gasteiger partial charge in [-0.25, -0.2) is 4.79 Å². The first-order valence-corrected chi connectivity index (χ1v) is 8.00. The molecule has 3 rings (SSSR count). The second-order valence-electron chi connectivity index (χ2n) is 5.91. The monoisotopic (exact) mass is 333 g/mol. The molecule has 0 aromatic heterocycles. The third-order valence-electron chi connectivity index (χ3n) is 4.14. The smallest absolute Gasteiger partial charge is 0.337 e. The second kappa shape index (κ2) is 7.18. The molecule has 4 nitrogen and oxygen atoms in total. The number of nitrogens with zero attached hydrogens (tertiary/aromatic N) is 1. The number of esters is 1. The highest BCUT2D eigenvalue weighted by Gasteiger charge is 2.13. The van der Waals surface area contributed by atoms with E-state index < -0.39 is 0 Å². The van der Waals surface area contributed by atoms with Crippen LogP contribution in [0.25, 0.3) is 10.8 Å². The number of ether oxygens (including phenoxy) is 1. The summed E-state index contributed by atoms with van der Waals surface area (Å²) in [6, 6.07) is 20.8. The number of hydrogen-bond donors (Lipinski definition) is 0. The molecule has 1 amide bonds. The molecule has 3 aromatic carbocycles. The predicted octanol–water partition coefficient (Wildman–Crippen LogP) is 3.90. The molecule has 25 heavy (non-hydrogen) atoms. The maximum Gasteiger partial charge on any atom is 0.337 e. The minimum atomic E-state index is -0.368. The van der Waals surface area contributed by atoms with E-state index in [2.05, 4.69) is 4.74 Å². The Morgan fingerprint density at radius 1 is 0.880 bits per heavy atom. The molecule has 0 saturated carbocycles. The fourth-order valence-corrected chi connectivity index (χ4v) is 2.75. The zero-order valence-corrected chi connectivity index (χ0v) is 14.2. The lowest BCUT2D eigenvalue weighted by Gasteiger charge is -2.18. The van der Waals surface area contributed by atoms with Crippen LogP contribution >= 0.6 is 0 Å². The van der Waals surface area contributed by atoms with Crippen LogP contribution < -0.4 is 0 Å². The Balaban J connectivity index is 1.74. The van der Waals surface area contributed by atoms with Gasteiger partial charge in [-0.2, -0.15) is 0 Å². The quantitative estimate of drug-likeness (QED) is 0.680. The van der Waals surface area contributed by atoms with Gasteiger partial charge in [0.05, 0.1) is 12.7 Å². The molecule has 0 bridgehead atoms. The highest BCUT2D eigenvalue weighted by Crippen LogP contribution is 2.17. The third-order valence-corrected chi connectivity index (χ3v) is 4.14. The Hall–Kier alpha value is -3.14. The van der Waals surface area contributed by atoms with Crippen LogP contribution in [0.3, 0.4) is 0 Å². The normalized spacial score (nSPS) is 10.5. The van der Waals surface area contributed by atoms with Crippen molar-refractivity contribution in [2.45, 2.75) is 6.54 Å². The van der Waals surface area contributed by atoms with Gasteiger partial charge in [0, 0.05) is 19.2 Å². The summed E-state index contributed by atoms with van der Waals surface area (Å²) in [5, 5.41) is 2.16. The molecule has 0 radical (unpaired) electrons. The van der Waals surface area contributed by atoms with Crippen molar-refractivity contribution in [3.05, 3.63) is 83.4 Å². The fourth-order valence-electron chi connectivity index (χ4n) is 2.75. The predicted molar refractivity (Wildman–Crippen MR) is 97.5 cm³/mol. The molecule has 0 aliphatic rings. The number of hydrogen-bond acceptors (Lipinski definition) is 3. The largest absolute Gasteiger partial charge is 0.465 e. The molecule has 4 heteroatoms. The number of methoxy groups -OCH3 is 1. The molecule has 0 spiro atoms. The van der Waals surface area contributed by atoms with Crippen molar-refractivity contribution in [2.24, 2.45) is 0 Å². The fraction of sp³-hybridized carbons (Fsp3) is 0.143. The molecule has 3 aromatic rings. The van der Waals surface area contributed by atoms with Crippen molar-refractivity contribution >= 4 is 22.6 Å². The average Bonchev–Trinajstić information content (AvgIpc) is 2.67. The molecular formula is C21H19NO3. The summed E-state index contributed by atoms with van der Waals surface area (Å²) in [4.78, 5) is 25.8. The van der Waals surface area contributed by atoms with Gasteiger partial charge in [0.25, 0.3) is 5.91 Å². The topological polar surface area (TPSA) is 46.6 Å². The van der Waals surface area contributed by atoms with Crippen LogP contribution in [0.5, 0.6) is 0 Å². The van der Waals surface area contributed by atoms with Gasteiger partial charge in [-0.3, -0.25) is 4.79 Å². The van der Waals surface area contributed by atoms with Crippen molar-refractivity contribution in [1.29, 1.82) is 0 Å². The highest BCUT2D eigenvalue weighted by atomic mass is 16.5. The third kappa shape index (κ3) is 3.69. The first-order valence-electron chi connectivity index (χ1n) is 8.00. The zero-order chi connectivity index (χ0) is 17.8. The summed E-state index contributed by atoms with van der Waals surface area (Å²) in [6.45, 7) is 0.465. The van der Waals surface area contributed by atoms with E-state index in [9.17, 15) is 9.59 Å². The Kier molecular flexibility index (Phi) is 4.80. The maximum atomic E-state index is 12.7. The van der Waals surface area contributed by atoms with Crippen molar-refractivity contribution in [3.8, 4) is 0 Å². The Bertz CT molecular complexity index is 916. The first kappa shape index (κ1) is 16.7. The number of amides is 1. The van der Waals surface area contributed by atoms with Gasteiger partial charge < -0.3 is 9.64 Å². The molecule has 0 unspecified atom stereocenters. The Morgan fingerprint density at radius 2 is 1.52 bits per heavy atom. The molecule has 0 atom stereocenters. The first-order chi connectivity index (χ1) is 12.1. The van der Waals surface area contributed by atoms with Crippen LogP contribution in [0.15, 0.2) is 66.7 Å². The van der Waals surface area contributed by atoms with E-state index in [1.165, 1.54) is 7.11 Å².